The van der Waals surface area contributed by atoms with Crippen LogP contribution in [0.2, 0.25) is 0 Å². The zero-order chi connectivity index (χ0) is 17.1. The highest BCUT2D eigenvalue weighted by Gasteiger charge is 2.34. The number of thioether (sulfide) groups is 1. The first-order valence-corrected chi connectivity index (χ1v) is 8.93. The van der Waals surface area contributed by atoms with Crippen LogP contribution in [0.1, 0.15) is 11.1 Å². The van der Waals surface area contributed by atoms with Crippen LogP contribution in [-0.2, 0) is 16.1 Å². The fourth-order valence-corrected chi connectivity index (χ4v) is 3.88. The molecule has 1 aliphatic rings. The third-order valence-electron chi connectivity index (χ3n) is 4.00. The SMILES string of the molecule is Cc1ccc(NC(=O)[C@@H]2CSCN2C(=O)Cn2cccn2)c(C)c1. The van der Waals surface area contributed by atoms with Gasteiger partial charge >= 0.3 is 0 Å². The first-order valence-electron chi connectivity index (χ1n) is 7.77. The second kappa shape index (κ2) is 7.09. The normalized spacial score (nSPS) is 17.1. The van der Waals surface area contributed by atoms with Crippen molar-refractivity contribution >= 4 is 29.3 Å². The van der Waals surface area contributed by atoms with E-state index in [2.05, 4.69) is 10.4 Å². The van der Waals surface area contributed by atoms with Gasteiger partial charge in [0.2, 0.25) is 11.8 Å². The minimum atomic E-state index is -0.446. The minimum absolute atomic E-state index is 0.0931. The molecule has 1 aromatic heterocycles. The lowest BCUT2D eigenvalue weighted by atomic mass is 10.1. The highest BCUT2D eigenvalue weighted by atomic mass is 32.2. The highest BCUT2D eigenvalue weighted by molar-refractivity contribution is 7.99. The number of carbonyl (C=O) groups is 2. The van der Waals surface area contributed by atoms with Gasteiger partial charge in [0.15, 0.2) is 0 Å². The molecule has 0 radical (unpaired) electrons. The molecule has 0 unspecified atom stereocenters. The molecule has 0 bridgehead atoms. The monoisotopic (exact) mass is 344 g/mol. The molecule has 1 atom stereocenters. The summed E-state index contributed by atoms with van der Waals surface area (Å²) in [6.07, 6.45) is 3.38. The summed E-state index contributed by atoms with van der Waals surface area (Å²) in [5.41, 5.74) is 2.96. The van der Waals surface area contributed by atoms with E-state index in [9.17, 15) is 9.59 Å². The van der Waals surface area contributed by atoms with E-state index >= 15 is 0 Å². The standard InChI is InChI=1S/C17H20N4O2S/c1-12-4-5-14(13(2)8-12)19-17(23)15-10-24-11-21(15)16(22)9-20-7-3-6-18-20/h3-8,15H,9-11H2,1-2H3,(H,19,23)/t15-/m0/s1. The second-order valence-corrected chi connectivity index (χ2v) is 6.89. The van der Waals surface area contributed by atoms with E-state index in [1.165, 1.54) is 0 Å². The van der Waals surface area contributed by atoms with Gasteiger partial charge in [-0.05, 0) is 31.5 Å². The number of benzene rings is 1. The minimum Gasteiger partial charge on any atom is -0.324 e. The number of rotatable bonds is 4. The maximum absolute atomic E-state index is 12.6. The van der Waals surface area contributed by atoms with E-state index in [0.29, 0.717) is 11.6 Å². The van der Waals surface area contributed by atoms with Gasteiger partial charge in [-0.3, -0.25) is 14.3 Å². The van der Waals surface area contributed by atoms with Gasteiger partial charge in [-0.15, -0.1) is 11.8 Å². The van der Waals surface area contributed by atoms with Crippen LogP contribution in [0.5, 0.6) is 0 Å². The summed E-state index contributed by atoms with van der Waals surface area (Å²) in [5, 5.41) is 7.00. The van der Waals surface area contributed by atoms with E-state index in [-0.39, 0.29) is 18.4 Å². The fourth-order valence-electron chi connectivity index (χ4n) is 2.70. The third kappa shape index (κ3) is 3.62. The molecule has 2 aromatic rings. The van der Waals surface area contributed by atoms with Crippen molar-refractivity contribution in [2.24, 2.45) is 0 Å². The highest BCUT2D eigenvalue weighted by Crippen LogP contribution is 2.24. The summed E-state index contributed by atoms with van der Waals surface area (Å²) in [6.45, 7) is 4.13. The number of aromatic nitrogens is 2. The number of anilines is 1. The molecule has 3 rings (SSSR count). The van der Waals surface area contributed by atoms with Crippen molar-refractivity contribution in [2.75, 3.05) is 16.9 Å². The Morgan fingerprint density at radius 2 is 2.21 bits per heavy atom. The van der Waals surface area contributed by atoms with E-state index in [4.69, 9.17) is 0 Å². The van der Waals surface area contributed by atoms with Crippen LogP contribution in [0, 0.1) is 13.8 Å². The van der Waals surface area contributed by atoms with Gasteiger partial charge in [-0.2, -0.15) is 5.10 Å². The van der Waals surface area contributed by atoms with Crippen molar-refractivity contribution in [3.8, 4) is 0 Å². The maximum atomic E-state index is 12.6. The van der Waals surface area contributed by atoms with Gasteiger partial charge in [-0.1, -0.05) is 17.7 Å². The summed E-state index contributed by atoms with van der Waals surface area (Å²) >= 11 is 1.59. The Morgan fingerprint density at radius 1 is 1.38 bits per heavy atom. The predicted molar refractivity (Wildman–Crippen MR) is 94.7 cm³/mol. The molecule has 7 heteroatoms. The molecule has 24 heavy (non-hydrogen) atoms. The molecule has 0 saturated carbocycles. The third-order valence-corrected chi connectivity index (χ3v) is 5.01. The van der Waals surface area contributed by atoms with Crippen molar-refractivity contribution in [1.29, 1.82) is 0 Å². The van der Waals surface area contributed by atoms with Crippen LogP contribution in [0.3, 0.4) is 0 Å². The van der Waals surface area contributed by atoms with Crippen molar-refractivity contribution in [3.63, 3.8) is 0 Å². The summed E-state index contributed by atoms with van der Waals surface area (Å²) in [7, 11) is 0. The Hall–Kier alpha value is -2.28. The van der Waals surface area contributed by atoms with E-state index in [0.717, 1.165) is 16.8 Å². The lowest BCUT2D eigenvalue weighted by Crippen LogP contribution is -2.45. The van der Waals surface area contributed by atoms with Gasteiger partial charge in [0.05, 0.1) is 5.88 Å². The number of carbonyl (C=O) groups excluding carboxylic acids is 2. The molecule has 6 nitrogen and oxygen atoms in total. The average molecular weight is 344 g/mol. The molecule has 0 aliphatic carbocycles. The fraction of sp³-hybridized carbons (Fsp3) is 0.353. The molecule has 126 valence electrons. The number of nitrogens with zero attached hydrogens (tertiary/aromatic N) is 3. The molecule has 2 heterocycles. The van der Waals surface area contributed by atoms with Crippen LogP contribution in [0.25, 0.3) is 0 Å². The molecule has 1 aliphatic heterocycles. The Morgan fingerprint density at radius 3 is 2.92 bits per heavy atom. The largest absolute Gasteiger partial charge is 0.324 e. The molecule has 1 aromatic carbocycles. The number of amides is 2. The lowest BCUT2D eigenvalue weighted by Gasteiger charge is -2.23. The topological polar surface area (TPSA) is 67.2 Å². The van der Waals surface area contributed by atoms with E-state index in [1.54, 1.807) is 39.8 Å². The van der Waals surface area contributed by atoms with Crippen LogP contribution < -0.4 is 5.32 Å². The zero-order valence-electron chi connectivity index (χ0n) is 13.7. The van der Waals surface area contributed by atoms with Crippen molar-refractivity contribution in [1.82, 2.24) is 14.7 Å². The van der Waals surface area contributed by atoms with Gasteiger partial charge in [0.25, 0.3) is 0 Å². The summed E-state index contributed by atoms with van der Waals surface area (Å²) < 4.78 is 1.57. The number of hydrogen-bond acceptors (Lipinski definition) is 4. The maximum Gasteiger partial charge on any atom is 0.248 e. The smallest absolute Gasteiger partial charge is 0.248 e. The second-order valence-electron chi connectivity index (χ2n) is 5.89. The number of aryl methyl sites for hydroxylation is 2. The van der Waals surface area contributed by atoms with Gasteiger partial charge in [-0.25, -0.2) is 0 Å². The summed E-state index contributed by atoms with van der Waals surface area (Å²) in [4.78, 5) is 26.7. The molecule has 1 N–H and O–H groups in total. The van der Waals surface area contributed by atoms with Gasteiger partial charge in [0.1, 0.15) is 12.6 Å². The van der Waals surface area contributed by atoms with Crippen LogP contribution in [-0.4, -0.2) is 44.2 Å². The Labute approximate surface area is 145 Å². The molecule has 0 spiro atoms. The summed E-state index contributed by atoms with van der Waals surface area (Å²) in [6, 6.07) is 7.22. The van der Waals surface area contributed by atoms with Gasteiger partial charge in [0, 0.05) is 23.8 Å². The number of nitrogens with one attached hydrogen (secondary N) is 1. The van der Waals surface area contributed by atoms with Crippen LogP contribution in [0.15, 0.2) is 36.7 Å². The van der Waals surface area contributed by atoms with Gasteiger partial charge < -0.3 is 10.2 Å². The van der Waals surface area contributed by atoms with Crippen molar-refractivity contribution in [3.05, 3.63) is 47.8 Å². The van der Waals surface area contributed by atoms with Crippen molar-refractivity contribution in [2.45, 2.75) is 26.4 Å². The quantitative estimate of drug-likeness (QED) is 0.922. The van der Waals surface area contributed by atoms with Crippen molar-refractivity contribution < 1.29 is 9.59 Å². The first kappa shape index (κ1) is 16.6. The molecule has 1 saturated heterocycles. The van der Waals surface area contributed by atoms with Crippen LogP contribution >= 0.6 is 11.8 Å². The predicted octanol–water partition coefficient (Wildman–Crippen LogP) is 2.04. The number of hydrogen-bond donors (Lipinski definition) is 1. The molecular formula is C17H20N4O2S. The van der Waals surface area contributed by atoms with E-state index < -0.39 is 6.04 Å². The Bertz CT molecular complexity index is 745. The summed E-state index contributed by atoms with van der Waals surface area (Å²) in [5.74, 6) is 0.914. The Kier molecular flexibility index (Phi) is 4.89. The Balaban J connectivity index is 1.68. The molecule has 2 amide bonds. The lowest BCUT2D eigenvalue weighted by molar-refractivity contribution is -0.136. The first-order chi connectivity index (χ1) is 11.5. The van der Waals surface area contributed by atoms with E-state index in [1.807, 2.05) is 32.0 Å². The molecular weight excluding hydrogens is 324 g/mol. The average Bonchev–Trinajstić information content (AvgIpc) is 3.20. The molecule has 1 fully saturated rings. The zero-order valence-corrected chi connectivity index (χ0v) is 14.5. The van der Waals surface area contributed by atoms with Crippen LogP contribution in [0.4, 0.5) is 5.69 Å².